The number of hydrogen-bond acceptors (Lipinski definition) is 5. The van der Waals surface area contributed by atoms with Gasteiger partial charge in [0.1, 0.15) is 0 Å². The third kappa shape index (κ3) is 7.64. The van der Waals surface area contributed by atoms with E-state index in [0.29, 0.717) is 12.5 Å². The molecule has 30 heavy (non-hydrogen) atoms. The molecule has 0 saturated heterocycles. The highest BCUT2D eigenvalue weighted by molar-refractivity contribution is 9.10. The molecule has 5 N–H and O–H groups in total. The lowest BCUT2D eigenvalue weighted by Gasteiger charge is -2.25. The highest BCUT2D eigenvalue weighted by Gasteiger charge is 2.11. The standard InChI is InChI=1S/C21H29BrN8/c22-18-8-6-17(7-9-18)14-20-5-2-12-28-30(20)29-13-3-11-26-21(23)25-10-1-4-19-15-24-16-27-19/h5-9,12,15-16,29H,1-4,10-11,13-14H2,(H,24,27)(H3,23,25,26). The number of hydrazone groups is 1. The summed E-state index contributed by atoms with van der Waals surface area (Å²) < 4.78 is 1.09. The number of halogens is 1. The fraction of sp³-hybridized carbons (Fsp3) is 0.381. The van der Waals surface area contributed by atoms with Crippen molar-refractivity contribution >= 4 is 28.1 Å². The van der Waals surface area contributed by atoms with Crippen molar-refractivity contribution in [2.24, 2.45) is 15.8 Å². The van der Waals surface area contributed by atoms with Crippen LogP contribution in [0.3, 0.4) is 0 Å². The number of aromatic amines is 1. The molecule has 9 heteroatoms. The van der Waals surface area contributed by atoms with Crippen LogP contribution >= 0.6 is 15.9 Å². The summed E-state index contributed by atoms with van der Waals surface area (Å²) in [5, 5.41) is 9.49. The Kier molecular flexibility index (Phi) is 8.92. The minimum atomic E-state index is 0.492. The molecular formula is C21H29BrN8. The lowest BCUT2D eigenvalue weighted by atomic mass is 10.1. The molecule has 0 atom stereocenters. The molecule has 0 amide bonds. The van der Waals surface area contributed by atoms with Crippen molar-refractivity contribution in [2.75, 3.05) is 19.6 Å². The van der Waals surface area contributed by atoms with Gasteiger partial charge in [-0.15, -0.1) is 0 Å². The summed E-state index contributed by atoms with van der Waals surface area (Å²) in [6, 6.07) is 8.38. The van der Waals surface area contributed by atoms with Crippen LogP contribution in [0.25, 0.3) is 0 Å². The van der Waals surface area contributed by atoms with Crippen LogP contribution < -0.4 is 16.5 Å². The maximum absolute atomic E-state index is 5.93. The van der Waals surface area contributed by atoms with Gasteiger partial charge >= 0.3 is 0 Å². The summed E-state index contributed by atoms with van der Waals surface area (Å²) in [4.78, 5) is 11.5. The quantitative estimate of drug-likeness (QED) is 0.228. The van der Waals surface area contributed by atoms with E-state index in [1.165, 1.54) is 5.56 Å². The summed E-state index contributed by atoms with van der Waals surface area (Å²) in [6.07, 6.45) is 12.1. The van der Waals surface area contributed by atoms with Crippen molar-refractivity contribution in [1.29, 1.82) is 0 Å². The molecule has 1 aliphatic rings. The molecule has 1 aliphatic heterocycles. The van der Waals surface area contributed by atoms with E-state index in [2.05, 4.69) is 77.1 Å². The largest absolute Gasteiger partial charge is 0.370 e. The van der Waals surface area contributed by atoms with E-state index in [4.69, 9.17) is 5.73 Å². The number of hydrogen-bond donors (Lipinski definition) is 4. The number of rotatable bonds is 11. The number of aliphatic imine (C=N–C) groups is 1. The Labute approximate surface area is 185 Å². The molecule has 0 aliphatic carbocycles. The molecule has 160 valence electrons. The summed E-state index contributed by atoms with van der Waals surface area (Å²) in [5.74, 6) is 0.492. The lowest BCUT2D eigenvalue weighted by molar-refractivity contribution is 0.248. The maximum Gasteiger partial charge on any atom is 0.188 e. The Balaban J connectivity index is 1.31. The first-order chi connectivity index (χ1) is 14.7. The molecule has 8 nitrogen and oxygen atoms in total. The Morgan fingerprint density at radius 2 is 2.10 bits per heavy atom. The Bertz CT molecular complexity index is 842. The fourth-order valence-corrected chi connectivity index (χ4v) is 3.28. The molecule has 0 saturated carbocycles. The van der Waals surface area contributed by atoms with Gasteiger partial charge in [-0.3, -0.25) is 4.99 Å². The second-order valence-corrected chi connectivity index (χ2v) is 7.90. The van der Waals surface area contributed by atoms with Gasteiger partial charge in [0.05, 0.1) is 12.0 Å². The van der Waals surface area contributed by atoms with Crippen LogP contribution in [0, 0.1) is 0 Å². The Morgan fingerprint density at radius 1 is 1.23 bits per heavy atom. The van der Waals surface area contributed by atoms with Crippen molar-refractivity contribution in [3.05, 3.63) is 64.3 Å². The van der Waals surface area contributed by atoms with Gasteiger partial charge in [0, 0.05) is 55.1 Å². The van der Waals surface area contributed by atoms with E-state index in [1.807, 2.05) is 17.5 Å². The second-order valence-electron chi connectivity index (χ2n) is 6.98. The number of imidazole rings is 1. The van der Waals surface area contributed by atoms with Gasteiger partial charge in [-0.05, 0) is 37.0 Å². The number of H-pyrrole nitrogens is 1. The molecule has 1 aromatic carbocycles. The molecule has 2 heterocycles. The van der Waals surface area contributed by atoms with Gasteiger partial charge in [-0.25, -0.2) is 15.5 Å². The van der Waals surface area contributed by atoms with Crippen molar-refractivity contribution in [3.63, 3.8) is 0 Å². The van der Waals surface area contributed by atoms with Crippen LogP contribution in [0.5, 0.6) is 0 Å². The Morgan fingerprint density at radius 3 is 2.90 bits per heavy atom. The topological polar surface area (TPSA) is 107 Å². The van der Waals surface area contributed by atoms with Crippen molar-refractivity contribution < 1.29 is 0 Å². The SMILES string of the molecule is NC(=NCCCNN1N=CCC=C1Cc1ccc(Br)cc1)NCCCc1cnc[nH]1. The van der Waals surface area contributed by atoms with Crippen LogP contribution in [0.15, 0.2) is 63.1 Å². The number of nitrogens with one attached hydrogen (secondary N) is 3. The van der Waals surface area contributed by atoms with Crippen LogP contribution in [0.2, 0.25) is 0 Å². The molecule has 0 radical (unpaired) electrons. The van der Waals surface area contributed by atoms with E-state index in [1.54, 1.807) is 6.33 Å². The van der Waals surface area contributed by atoms with Crippen molar-refractivity contribution in [1.82, 2.24) is 25.8 Å². The summed E-state index contributed by atoms with van der Waals surface area (Å²) in [5.41, 5.74) is 12.8. The first-order valence-electron chi connectivity index (χ1n) is 10.2. The number of guanidine groups is 1. The highest BCUT2D eigenvalue weighted by atomic mass is 79.9. The molecule has 0 bridgehead atoms. The average Bonchev–Trinajstić information content (AvgIpc) is 3.27. The number of allylic oxidation sites excluding steroid dienone is 2. The van der Waals surface area contributed by atoms with Crippen molar-refractivity contribution in [3.8, 4) is 0 Å². The summed E-state index contributed by atoms with van der Waals surface area (Å²) in [6.45, 7) is 2.22. The number of nitrogens with two attached hydrogens (primary N) is 1. The van der Waals surface area contributed by atoms with Crippen molar-refractivity contribution in [2.45, 2.75) is 32.1 Å². The van der Waals surface area contributed by atoms with Gasteiger partial charge in [-0.1, -0.05) is 34.1 Å². The van der Waals surface area contributed by atoms with Gasteiger partial charge in [0.15, 0.2) is 5.96 Å². The van der Waals surface area contributed by atoms with E-state index in [-0.39, 0.29) is 0 Å². The zero-order valence-corrected chi connectivity index (χ0v) is 18.6. The molecule has 2 aromatic rings. The molecule has 1 aromatic heterocycles. The zero-order valence-electron chi connectivity index (χ0n) is 17.0. The van der Waals surface area contributed by atoms with Gasteiger partial charge in [0.2, 0.25) is 0 Å². The number of hydrazine groups is 1. The Hall–Kier alpha value is -2.65. The smallest absolute Gasteiger partial charge is 0.188 e. The predicted octanol–water partition coefficient (Wildman–Crippen LogP) is 2.72. The van der Waals surface area contributed by atoms with E-state index in [9.17, 15) is 0 Å². The predicted molar refractivity (Wildman–Crippen MR) is 125 cm³/mol. The van der Waals surface area contributed by atoms with Crippen LogP contribution in [-0.4, -0.2) is 46.9 Å². The van der Waals surface area contributed by atoms with Gasteiger partial charge in [0.25, 0.3) is 0 Å². The number of nitrogens with zero attached hydrogens (tertiary/aromatic N) is 4. The highest BCUT2D eigenvalue weighted by Crippen LogP contribution is 2.17. The van der Waals surface area contributed by atoms with Gasteiger partial charge in [-0.2, -0.15) is 5.10 Å². The number of aryl methyl sites for hydroxylation is 1. The second kappa shape index (κ2) is 12.1. The molecule has 0 fully saturated rings. The zero-order chi connectivity index (χ0) is 21.0. The van der Waals surface area contributed by atoms with Gasteiger partial charge < -0.3 is 16.0 Å². The summed E-state index contributed by atoms with van der Waals surface area (Å²) >= 11 is 3.48. The van der Waals surface area contributed by atoms with E-state index >= 15 is 0 Å². The minimum Gasteiger partial charge on any atom is -0.370 e. The molecular weight excluding hydrogens is 444 g/mol. The minimum absolute atomic E-state index is 0.492. The lowest BCUT2D eigenvalue weighted by Crippen LogP contribution is -2.36. The molecule has 0 spiro atoms. The van der Waals surface area contributed by atoms with Crippen LogP contribution in [0.1, 0.15) is 30.5 Å². The number of aromatic nitrogens is 2. The maximum atomic E-state index is 5.93. The molecule has 3 rings (SSSR count). The monoisotopic (exact) mass is 472 g/mol. The third-order valence-electron chi connectivity index (χ3n) is 4.59. The first-order valence-corrected chi connectivity index (χ1v) is 11.0. The average molecular weight is 473 g/mol. The fourth-order valence-electron chi connectivity index (χ4n) is 3.02. The molecule has 0 unspecified atom stereocenters. The normalized spacial score (nSPS) is 14.1. The van der Waals surface area contributed by atoms with E-state index < -0.39 is 0 Å². The van der Waals surface area contributed by atoms with Crippen LogP contribution in [0.4, 0.5) is 0 Å². The summed E-state index contributed by atoms with van der Waals surface area (Å²) in [7, 11) is 0. The number of benzene rings is 1. The third-order valence-corrected chi connectivity index (χ3v) is 5.12. The van der Waals surface area contributed by atoms with E-state index in [0.717, 1.165) is 61.1 Å². The first kappa shape index (κ1) is 22.0. The van der Waals surface area contributed by atoms with Crippen LogP contribution in [-0.2, 0) is 12.8 Å².